The number of amides is 3. The number of benzene rings is 2. The monoisotopic (exact) mass is 528 g/mol. The number of hydrogen-bond acceptors (Lipinski definition) is 4. The number of aliphatic imine (C=N–C) groups is 1. The van der Waals surface area contributed by atoms with Gasteiger partial charge in [0.2, 0.25) is 18.0 Å². The zero-order valence-corrected chi connectivity index (χ0v) is 21.5. The first-order valence-corrected chi connectivity index (χ1v) is 12.2. The molecule has 1 heterocycles. The molecule has 10 heteroatoms. The molecule has 2 aromatic rings. The van der Waals surface area contributed by atoms with Gasteiger partial charge in [-0.05, 0) is 37.0 Å². The highest BCUT2D eigenvalue weighted by Crippen LogP contribution is 2.32. The van der Waals surface area contributed by atoms with Crippen molar-refractivity contribution in [2.24, 2.45) is 28.5 Å². The number of allylic oxidation sites excluding steroid dienone is 1. The molecular formula is C28H31F3N4O3. The van der Waals surface area contributed by atoms with E-state index >= 15 is 0 Å². The van der Waals surface area contributed by atoms with Crippen LogP contribution in [0.4, 0.5) is 18.9 Å². The summed E-state index contributed by atoms with van der Waals surface area (Å²) in [7, 11) is 1.53. The Morgan fingerprint density at radius 3 is 2.32 bits per heavy atom. The molecule has 7 nitrogen and oxygen atoms in total. The number of benzodiazepines with no additional fused rings is 1. The molecule has 0 saturated carbocycles. The molecule has 0 fully saturated rings. The summed E-state index contributed by atoms with van der Waals surface area (Å²) >= 11 is 0. The maximum absolute atomic E-state index is 13.5. The highest BCUT2D eigenvalue weighted by Gasteiger charge is 2.37. The fourth-order valence-corrected chi connectivity index (χ4v) is 4.53. The SMILES string of the molecule is C=CC[C@H](C(N)=O)[C@@H](CC(C)C)C(=O)N[C@H]1N=C(c2ccc(C(F)(F)F)cc2)c2ccccc2N(C)C1=O. The number of para-hydroxylation sites is 1. The Hall–Kier alpha value is -3.95. The zero-order chi connectivity index (χ0) is 28.2. The number of halogens is 3. The third kappa shape index (κ3) is 6.30. The normalized spacial score (nSPS) is 17.2. The molecule has 3 amide bonds. The Labute approximate surface area is 219 Å². The minimum Gasteiger partial charge on any atom is -0.369 e. The van der Waals surface area contributed by atoms with Gasteiger partial charge < -0.3 is 16.0 Å². The van der Waals surface area contributed by atoms with Crippen molar-refractivity contribution in [1.82, 2.24) is 5.32 Å². The van der Waals surface area contributed by atoms with Crippen LogP contribution in [0.2, 0.25) is 0 Å². The van der Waals surface area contributed by atoms with Gasteiger partial charge in [0.1, 0.15) is 0 Å². The number of carbonyl (C=O) groups excluding carboxylic acids is 3. The van der Waals surface area contributed by atoms with E-state index in [0.717, 1.165) is 12.1 Å². The maximum Gasteiger partial charge on any atom is 0.416 e. The molecule has 1 aliphatic heterocycles. The van der Waals surface area contributed by atoms with Crippen molar-refractivity contribution in [1.29, 1.82) is 0 Å². The number of hydrogen-bond donors (Lipinski definition) is 2. The maximum atomic E-state index is 13.5. The molecule has 0 bridgehead atoms. The van der Waals surface area contributed by atoms with Crippen LogP contribution in [0.1, 0.15) is 43.4 Å². The van der Waals surface area contributed by atoms with Gasteiger partial charge in [-0.2, -0.15) is 13.2 Å². The van der Waals surface area contributed by atoms with Gasteiger partial charge >= 0.3 is 6.18 Å². The first kappa shape index (κ1) is 28.6. The summed E-state index contributed by atoms with van der Waals surface area (Å²) in [5.41, 5.74) is 6.35. The molecule has 38 heavy (non-hydrogen) atoms. The summed E-state index contributed by atoms with van der Waals surface area (Å²) in [6.07, 6.45) is -3.87. The second-order valence-electron chi connectivity index (χ2n) is 9.65. The summed E-state index contributed by atoms with van der Waals surface area (Å²) < 4.78 is 39.4. The smallest absolute Gasteiger partial charge is 0.369 e. The number of fused-ring (bicyclic) bond motifs is 1. The largest absolute Gasteiger partial charge is 0.416 e. The third-order valence-electron chi connectivity index (χ3n) is 6.44. The molecule has 0 radical (unpaired) electrons. The van der Waals surface area contributed by atoms with Crippen LogP contribution in [-0.4, -0.2) is 36.6 Å². The number of nitrogens with zero attached hydrogens (tertiary/aromatic N) is 2. The number of nitrogens with two attached hydrogens (primary N) is 1. The summed E-state index contributed by atoms with van der Waals surface area (Å²) in [5, 5.41) is 2.67. The van der Waals surface area contributed by atoms with Crippen LogP contribution in [0.5, 0.6) is 0 Å². The van der Waals surface area contributed by atoms with Crippen molar-refractivity contribution >= 4 is 29.1 Å². The lowest BCUT2D eigenvalue weighted by Crippen LogP contribution is -2.50. The molecular weight excluding hydrogens is 497 g/mol. The predicted octanol–water partition coefficient (Wildman–Crippen LogP) is 4.30. The molecule has 3 rings (SSSR count). The number of likely N-dealkylation sites (N-methyl/N-ethyl adjacent to an activating group) is 1. The first-order chi connectivity index (χ1) is 17.8. The minimum absolute atomic E-state index is 0.0420. The molecule has 3 N–H and O–H groups in total. The van der Waals surface area contributed by atoms with Crippen molar-refractivity contribution in [3.05, 3.63) is 77.9 Å². The van der Waals surface area contributed by atoms with E-state index in [1.54, 1.807) is 24.3 Å². The minimum atomic E-state index is -4.51. The molecule has 2 aromatic carbocycles. The quantitative estimate of drug-likeness (QED) is 0.474. The molecule has 1 aliphatic rings. The van der Waals surface area contributed by atoms with Gasteiger partial charge in [-0.15, -0.1) is 6.58 Å². The van der Waals surface area contributed by atoms with Gasteiger partial charge in [0, 0.05) is 18.2 Å². The van der Waals surface area contributed by atoms with E-state index in [-0.39, 0.29) is 18.1 Å². The average molecular weight is 529 g/mol. The second kappa shape index (κ2) is 11.6. The lowest BCUT2D eigenvalue weighted by molar-refractivity contribution is -0.137. The Morgan fingerprint density at radius 2 is 1.76 bits per heavy atom. The van der Waals surface area contributed by atoms with E-state index in [0.29, 0.717) is 23.2 Å². The molecule has 0 saturated heterocycles. The number of alkyl halides is 3. The predicted molar refractivity (Wildman–Crippen MR) is 139 cm³/mol. The van der Waals surface area contributed by atoms with Crippen molar-refractivity contribution in [2.45, 2.75) is 39.0 Å². The van der Waals surface area contributed by atoms with E-state index in [1.807, 2.05) is 13.8 Å². The molecule has 202 valence electrons. The average Bonchev–Trinajstić information content (AvgIpc) is 2.96. The van der Waals surface area contributed by atoms with Crippen LogP contribution in [0.25, 0.3) is 0 Å². The van der Waals surface area contributed by atoms with Gasteiger partial charge in [0.25, 0.3) is 5.91 Å². The summed E-state index contributed by atoms with van der Waals surface area (Å²) in [6, 6.07) is 11.3. The highest BCUT2D eigenvalue weighted by atomic mass is 19.4. The molecule has 3 atom stereocenters. The fraction of sp³-hybridized carbons (Fsp3) is 0.357. The number of nitrogens with one attached hydrogen (secondary N) is 1. The van der Waals surface area contributed by atoms with Gasteiger partial charge in [0.05, 0.1) is 28.8 Å². The summed E-state index contributed by atoms with van der Waals surface area (Å²) in [4.78, 5) is 45.0. The van der Waals surface area contributed by atoms with Crippen LogP contribution >= 0.6 is 0 Å². The highest BCUT2D eigenvalue weighted by molar-refractivity contribution is 6.20. The molecule has 0 spiro atoms. The van der Waals surface area contributed by atoms with Crippen molar-refractivity contribution < 1.29 is 27.6 Å². The lowest BCUT2D eigenvalue weighted by Gasteiger charge is -2.27. The van der Waals surface area contributed by atoms with Crippen LogP contribution in [0.3, 0.4) is 0 Å². The van der Waals surface area contributed by atoms with E-state index in [4.69, 9.17) is 5.73 Å². The first-order valence-electron chi connectivity index (χ1n) is 12.2. The van der Waals surface area contributed by atoms with Crippen LogP contribution < -0.4 is 16.0 Å². The Balaban J connectivity index is 2.07. The zero-order valence-electron chi connectivity index (χ0n) is 21.5. The third-order valence-corrected chi connectivity index (χ3v) is 6.44. The molecule has 0 aromatic heterocycles. The van der Waals surface area contributed by atoms with Crippen molar-refractivity contribution in [3.8, 4) is 0 Å². The lowest BCUT2D eigenvalue weighted by atomic mass is 9.82. The van der Waals surface area contributed by atoms with E-state index in [9.17, 15) is 27.6 Å². The van der Waals surface area contributed by atoms with Crippen LogP contribution in [0, 0.1) is 17.8 Å². The molecule has 0 aliphatic carbocycles. The number of carbonyl (C=O) groups is 3. The van der Waals surface area contributed by atoms with E-state index in [2.05, 4.69) is 16.9 Å². The Morgan fingerprint density at radius 1 is 1.13 bits per heavy atom. The van der Waals surface area contributed by atoms with Crippen molar-refractivity contribution in [3.63, 3.8) is 0 Å². The number of anilines is 1. The van der Waals surface area contributed by atoms with Crippen molar-refractivity contribution in [2.75, 3.05) is 11.9 Å². The fourth-order valence-electron chi connectivity index (χ4n) is 4.53. The van der Waals surface area contributed by atoms with Gasteiger partial charge in [-0.3, -0.25) is 14.4 Å². The number of primary amides is 1. The summed E-state index contributed by atoms with van der Waals surface area (Å²) in [5.74, 6) is -3.40. The topological polar surface area (TPSA) is 105 Å². The van der Waals surface area contributed by atoms with E-state index in [1.165, 1.54) is 30.2 Å². The van der Waals surface area contributed by atoms with Gasteiger partial charge in [0.15, 0.2) is 0 Å². The standard InChI is InChI=1S/C28H31F3N4O3/c1-5-8-19(24(32)36)21(15-16(2)3)26(37)34-25-27(38)35(4)22-10-7-6-9-20(22)23(33-25)17-11-13-18(14-12-17)28(29,30)31/h5-7,9-14,16,19,21,25H,1,8,15H2,2-4H3,(H2,32,36)(H,34,37)/t19-,21+,25+/m0/s1. The van der Waals surface area contributed by atoms with Gasteiger partial charge in [-0.25, -0.2) is 4.99 Å². The van der Waals surface area contributed by atoms with E-state index < -0.39 is 47.5 Å². The van der Waals surface area contributed by atoms with Gasteiger partial charge in [-0.1, -0.05) is 50.3 Å². The summed E-state index contributed by atoms with van der Waals surface area (Å²) in [6.45, 7) is 7.44. The van der Waals surface area contributed by atoms with Crippen LogP contribution in [-0.2, 0) is 20.6 Å². The molecule has 0 unspecified atom stereocenters. The number of rotatable bonds is 9. The van der Waals surface area contributed by atoms with Crippen LogP contribution in [0.15, 0.2) is 66.2 Å². The Kier molecular flexibility index (Phi) is 8.75. The second-order valence-corrected chi connectivity index (χ2v) is 9.65. The Bertz CT molecular complexity index is 1240.